The van der Waals surface area contributed by atoms with Crippen molar-refractivity contribution in [2.45, 2.75) is 66.0 Å². The van der Waals surface area contributed by atoms with Gasteiger partial charge < -0.3 is 15.5 Å². The number of halogens is 1. The lowest BCUT2D eigenvalue weighted by Crippen LogP contribution is -2.47. The Labute approximate surface area is 143 Å². The maximum Gasteiger partial charge on any atom is 0.191 e. The van der Waals surface area contributed by atoms with Gasteiger partial charge in [-0.05, 0) is 68.0 Å². The molecule has 0 aromatic carbocycles. The van der Waals surface area contributed by atoms with Crippen molar-refractivity contribution in [1.29, 1.82) is 0 Å². The first kappa shape index (κ1) is 22.2. The molecule has 0 saturated heterocycles. The van der Waals surface area contributed by atoms with Crippen molar-refractivity contribution in [3.8, 4) is 0 Å². The number of aliphatic imine (C=N–C) groups is 1. The molecule has 0 bridgehead atoms. The molecule has 0 heterocycles. The minimum atomic E-state index is 0. The molecule has 0 aliphatic carbocycles. The Hall–Kier alpha value is -0.0400. The van der Waals surface area contributed by atoms with E-state index in [-0.39, 0.29) is 29.5 Å². The van der Waals surface area contributed by atoms with E-state index in [2.05, 4.69) is 69.1 Å². The number of nitrogens with one attached hydrogen (secondary N) is 2. The molecule has 0 spiro atoms. The first-order chi connectivity index (χ1) is 8.76. The highest BCUT2D eigenvalue weighted by Crippen LogP contribution is 2.00. The van der Waals surface area contributed by atoms with E-state index in [9.17, 15) is 0 Å². The summed E-state index contributed by atoms with van der Waals surface area (Å²) in [6.07, 6.45) is 2.34. The van der Waals surface area contributed by atoms with Gasteiger partial charge in [0.05, 0.1) is 0 Å². The van der Waals surface area contributed by atoms with Crippen LogP contribution in [-0.4, -0.2) is 49.1 Å². The van der Waals surface area contributed by atoms with Crippen molar-refractivity contribution in [3.05, 3.63) is 0 Å². The standard InChI is InChI=1S/C15H34N4.HI/c1-8-16-14(18-15(4,5)6)17-11-9-10-12-19(7)13(2)3;/h13H,8-12H2,1-7H3,(H2,16,17,18);1H. The highest BCUT2D eigenvalue weighted by Gasteiger charge is 2.11. The van der Waals surface area contributed by atoms with Gasteiger partial charge in [0.15, 0.2) is 5.96 Å². The molecule has 4 nitrogen and oxygen atoms in total. The second kappa shape index (κ2) is 11.6. The van der Waals surface area contributed by atoms with Crippen molar-refractivity contribution >= 4 is 29.9 Å². The summed E-state index contributed by atoms with van der Waals surface area (Å²) in [7, 11) is 2.18. The summed E-state index contributed by atoms with van der Waals surface area (Å²) >= 11 is 0. The molecule has 0 amide bonds. The zero-order chi connectivity index (χ0) is 14.9. The lowest BCUT2D eigenvalue weighted by atomic mass is 10.1. The van der Waals surface area contributed by atoms with Crippen LogP contribution in [0.3, 0.4) is 0 Å². The Morgan fingerprint density at radius 3 is 2.25 bits per heavy atom. The fourth-order valence-corrected chi connectivity index (χ4v) is 1.58. The average Bonchev–Trinajstić information content (AvgIpc) is 2.26. The Balaban J connectivity index is 0. The molecule has 0 aliphatic heterocycles. The summed E-state index contributed by atoms with van der Waals surface area (Å²) in [6, 6.07) is 0.628. The lowest BCUT2D eigenvalue weighted by Gasteiger charge is -2.24. The van der Waals surface area contributed by atoms with Crippen LogP contribution in [0.15, 0.2) is 4.99 Å². The molecule has 20 heavy (non-hydrogen) atoms. The van der Waals surface area contributed by atoms with Gasteiger partial charge in [0, 0.05) is 24.7 Å². The molecule has 0 aliphatic rings. The van der Waals surface area contributed by atoms with E-state index in [4.69, 9.17) is 0 Å². The number of rotatable bonds is 7. The van der Waals surface area contributed by atoms with E-state index >= 15 is 0 Å². The van der Waals surface area contributed by atoms with Gasteiger partial charge in [-0.3, -0.25) is 4.99 Å². The Bertz CT molecular complexity index is 259. The maximum absolute atomic E-state index is 4.62. The predicted octanol–water partition coefficient (Wildman–Crippen LogP) is 3.08. The fourth-order valence-electron chi connectivity index (χ4n) is 1.58. The van der Waals surface area contributed by atoms with Gasteiger partial charge in [-0.25, -0.2) is 0 Å². The van der Waals surface area contributed by atoms with Crippen molar-refractivity contribution in [2.24, 2.45) is 4.99 Å². The van der Waals surface area contributed by atoms with Gasteiger partial charge in [-0.1, -0.05) is 0 Å². The first-order valence-corrected chi connectivity index (χ1v) is 7.53. The zero-order valence-corrected chi connectivity index (χ0v) is 16.7. The molecule has 0 aromatic rings. The van der Waals surface area contributed by atoms with Gasteiger partial charge in [0.2, 0.25) is 0 Å². The third kappa shape index (κ3) is 13.0. The fraction of sp³-hybridized carbons (Fsp3) is 0.933. The third-order valence-corrected chi connectivity index (χ3v) is 2.91. The summed E-state index contributed by atoms with van der Waals surface area (Å²) in [4.78, 5) is 6.99. The molecule has 0 unspecified atom stereocenters. The number of guanidine groups is 1. The van der Waals surface area contributed by atoms with Crippen LogP contribution in [0.5, 0.6) is 0 Å². The zero-order valence-electron chi connectivity index (χ0n) is 14.4. The summed E-state index contributed by atoms with van der Waals surface area (Å²) < 4.78 is 0. The van der Waals surface area contributed by atoms with Crippen LogP contribution in [0.2, 0.25) is 0 Å². The van der Waals surface area contributed by atoms with Crippen molar-refractivity contribution in [1.82, 2.24) is 15.5 Å². The molecule has 2 N–H and O–H groups in total. The Morgan fingerprint density at radius 1 is 1.20 bits per heavy atom. The topological polar surface area (TPSA) is 39.7 Å². The molecular formula is C15H35IN4. The van der Waals surface area contributed by atoms with E-state index in [1.165, 1.54) is 6.42 Å². The molecule has 0 rings (SSSR count). The summed E-state index contributed by atoms with van der Waals surface area (Å²) in [6.45, 7) is 15.9. The van der Waals surface area contributed by atoms with Crippen molar-refractivity contribution in [3.63, 3.8) is 0 Å². The molecule has 0 aromatic heterocycles. The second-order valence-electron chi connectivity index (χ2n) is 6.42. The summed E-state index contributed by atoms with van der Waals surface area (Å²) in [5.74, 6) is 0.923. The van der Waals surface area contributed by atoms with E-state index < -0.39 is 0 Å². The highest BCUT2D eigenvalue weighted by molar-refractivity contribution is 14.0. The van der Waals surface area contributed by atoms with Gasteiger partial charge in [-0.15, -0.1) is 24.0 Å². The first-order valence-electron chi connectivity index (χ1n) is 7.53. The Morgan fingerprint density at radius 2 is 1.80 bits per heavy atom. The SMILES string of the molecule is CCNC(=NCCCCN(C)C(C)C)NC(C)(C)C.I. The number of nitrogens with zero attached hydrogens (tertiary/aromatic N) is 2. The van der Waals surface area contributed by atoms with Crippen LogP contribution >= 0.6 is 24.0 Å². The van der Waals surface area contributed by atoms with Crippen LogP contribution in [0.1, 0.15) is 54.4 Å². The van der Waals surface area contributed by atoms with Gasteiger partial charge in [-0.2, -0.15) is 0 Å². The third-order valence-electron chi connectivity index (χ3n) is 2.91. The minimum absolute atomic E-state index is 0. The maximum atomic E-state index is 4.62. The second-order valence-corrected chi connectivity index (χ2v) is 6.42. The average molecular weight is 398 g/mol. The van der Waals surface area contributed by atoms with Crippen molar-refractivity contribution < 1.29 is 0 Å². The van der Waals surface area contributed by atoms with Gasteiger partial charge in [0.1, 0.15) is 0 Å². The number of hydrogen-bond donors (Lipinski definition) is 2. The number of unbranched alkanes of at least 4 members (excludes halogenated alkanes) is 1. The van der Waals surface area contributed by atoms with E-state index in [0.29, 0.717) is 6.04 Å². The molecule has 0 radical (unpaired) electrons. The van der Waals surface area contributed by atoms with E-state index in [1.807, 2.05) is 0 Å². The van der Waals surface area contributed by atoms with Crippen LogP contribution < -0.4 is 10.6 Å². The molecule has 122 valence electrons. The predicted molar refractivity (Wildman–Crippen MR) is 101 cm³/mol. The van der Waals surface area contributed by atoms with Crippen LogP contribution in [0, 0.1) is 0 Å². The summed E-state index contributed by atoms with van der Waals surface area (Å²) in [5.41, 5.74) is 0.0544. The quantitative estimate of drug-likeness (QED) is 0.300. The highest BCUT2D eigenvalue weighted by atomic mass is 127. The monoisotopic (exact) mass is 398 g/mol. The van der Waals surface area contributed by atoms with Crippen LogP contribution in [0.25, 0.3) is 0 Å². The lowest BCUT2D eigenvalue weighted by molar-refractivity contribution is 0.269. The van der Waals surface area contributed by atoms with Crippen LogP contribution in [0.4, 0.5) is 0 Å². The van der Waals surface area contributed by atoms with Crippen molar-refractivity contribution in [2.75, 3.05) is 26.7 Å². The smallest absolute Gasteiger partial charge is 0.191 e. The largest absolute Gasteiger partial charge is 0.357 e. The molecule has 5 heteroatoms. The minimum Gasteiger partial charge on any atom is -0.357 e. The molecular weight excluding hydrogens is 363 g/mol. The van der Waals surface area contributed by atoms with E-state index in [0.717, 1.165) is 32.0 Å². The summed E-state index contributed by atoms with van der Waals surface area (Å²) in [5, 5.41) is 6.69. The molecule has 0 atom stereocenters. The van der Waals surface area contributed by atoms with Gasteiger partial charge in [0.25, 0.3) is 0 Å². The van der Waals surface area contributed by atoms with Gasteiger partial charge >= 0.3 is 0 Å². The van der Waals surface area contributed by atoms with E-state index in [1.54, 1.807) is 0 Å². The Kier molecular flexibility index (Phi) is 12.9. The normalized spacial score (nSPS) is 12.6. The van der Waals surface area contributed by atoms with Crippen LogP contribution in [-0.2, 0) is 0 Å². The number of hydrogen-bond acceptors (Lipinski definition) is 2. The molecule has 0 saturated carbocycles. The molecule has 0 fully saturated rings.